The lowest BCUT2D eigenvalue weighted by Crippen LogP contribution is -2.30. The molecule has 0 atom stereocenters. The van der Waals surface area contributed by atoms with Crippen LogP contribution < -0.4 is 14.4 Å². The van der Waals surface area contributed by atoms with E-state index in [1.165, 1.54) is 11.3 Å². The van der Waals surface area contributed by atoms with Crippen molar-refractivity contribution in [2.45, 2.75) is 20.1 Å². The van der Waals surface area contributed by atoms with E-state index in [2.05, 4.69) is 11.1 Å². The van der Waals surface area contributed by atoms with Crippen LogP contribution in [0.2, 0.25) is 0 Å². The summed E-state index contributed by atoms with van der Waals surface area (Å²) in [7, 11) is -3.73. The second kappa shape index (κ2) is 11.2. The number of benzene rings is 3. The number of hydrogen-bond donors (Lipinski definition) is 1. The molecule has 8 nitrogen and oxygen atoms in total. The summed E-state index contributed by atoms with van der Waals surface area (Å²) in [6, 6.07) is 26.7. The zero-order valence-corrected chi connectivity index (χ0v) is 21.8. The van der Waals surface area contributed by atoms with Crippen LogP contribution in [0.3, 0.4) is 0 Å². The van der Waals surface area contributed by atoms with E-state index in [0.717, 1.165) is 23.1 Å². The van der Waals surface area contributed by atoms with Crippen LogP contribution in [0, 0.1) is 18.3 Å². The Balaban J connectivity index is 1.63. The second-order valence-electron chi connectivity index (χ2n) is 8.27. The molecule has 0 saturated carbocycles. The van der Waals surface area contributed by atoms with Crippen molar-refractivity contribution in [3.05, 3.63) is 106 Å². The van der Waals surface area contributed by atoms with Crippen LogP contribution in [0.15, 0.2) is 78.9 Å². The molecule has 1 amide bonds. The number of nitrogens with zero attached hydrogens (tertiary/aromatic N) is 3. The Bertz CT molecular complexity index is 1540. The molecule has 0 bridgehead atoms. The number of thiazole rings is 1. The molecule has 3 aromatic carbocycles. The van der Waals surface area contributed by atoms with Gasteiger partial charge in [0.1, 0.15) is 18.1 Å². The van der Waals surface area contributed by atoms with E-state index >= 15 is 0 Å². The Morgan fingerprint density at radius 1 is 1.05 bits per heavy atom. The van der Waals surface area contributed by atoms with Crippen molar-refractivity contribution in [2.24, 2.45) is 0 Å². The van der Waals surface area contributed by atoms with Gasteiger partial charge in [0.15, 0.2) is 5.13 Å². The van der Waals surface area contributed by atoms with Crippen LogP contribution in [0.5, 0.6) is 5.75 Å². The predicted molar refractivity (Wildman–Crippen MR) is 143 cm³/mol. The van der Waals surface area contributed by atoms with E-state index in [0.29, 0.717) is 34.5 Å². The first-order valence-electron chi connectivity index (χ1n) is 11.2. The van der Waals surface area contributed by atoms with Gasteiger partial charge >= 0.3 is 0 Å². The molecular weight excluding hydrogens is 508 g/mol. The summed E-state index contributed by atoms with van der Waals surface area (Å²) < 4.78 is 31.1. The summed E-state index contributed by atoms with van der Waals surface area (Å²) in [6.07, 6.45) is 0.920. The van der Waals surface area contributed by atoms with Gasteiger partial charge in [-0.3, -0.25) is 4.79 Å². The topological polar surface area (TPSA) is 112 Å². The molecule has 4 aromatic rings. The molecule has 1 N–H and O–H groups in total. The van der Waals surface area contributed by atoms with Gasteiger partial charge in [-0.05, 0) is 54.4 Å². The quantitative estimate of drug-likeness (QED) is 0.325. The Morgan fingerprint density at radius 2 is 1.76 bits per heavy atom. The van der Waals surface area contributed by atoms with E-state index in [-0.39, 0.29) is 5.69 Å². The molecule has 0 aliphatic rings. The number of sulfonamides is 1. The lowest BCUT2D eigenvalue weighted by Gasteiger charge is -2.22. The first-order valence-corrected chi connectivity index (χ1v) is 14.0. The minimum atomic E-state index is -3.73. The number of carbonyl (C=O) groups excluding carboxylic acids is 1. The average molecular weight is 533 g/mol. The highest BCUT2D eigenvalue weighted by atomic mass is 32.2. The number of nitrogens with one attached hydrogen (secondary N) is 1. The van der Waals surface area contributed by atoms with Crippen molar-refractivity contribution < 1.29 is 17.9 Å². The highest BCUT2D eigenvalue weighted by molar-refractivity contribution is 7.89. The fourth-order valence-electron chi connectivity index (χ4n) is 3.57. The van der Waals surface area contributed by atoms with Crippen molar-refractivity contribution in [2.75, 3.05) is 11.2 Å². The molecule has 1 heterocycles. The summed E-state index contributed by atoms with van der Waals surface area (Å²) in [5.74, 6) is -0.0664. The molecule has 0 saturated heterocycles. The molecule has 188 valence electrons. The number of ether oxygens (including phenoxy) is 1. The van der Waals surface area contributed by atoms with Gasteiger partial charge in [0.2, 0.25) is 10.0 Å². The number of aromatic nitrogens is 1. The van der Waals surface area contributed by atoms with Crippen molar-refractivity contribution in [1.82, 2.24) is 9.71 Å². The monoisotopic (exact) mass is 532 g/mol. The SMILES string of the molecule is Cc1sc(N(Cc2cccc(OCc3ccccc3)c2)c2ccc(C#N)cc2)nc1C(=O)NS(C)(=O)=O. The van der Waals surface area contributed by atoms with Gasteiger partial charge in [0.25, 0.3) is 5.91 Å². The maximum atomic E-state index is 12.5. The highest BCUT2D eigenvalue weighted by Gasteiger charge is 2.22. The summed E-state index contributed by atoms with van der Waals surface area (Å²) in [5.41, 5.74) is 3.32. The molecule has 0 aliphatic carbocycles. The molecule has 0 spiro atoms. The number of hydrogen-bond acceptors (Lipinski definition) is 8. The number of aryl methyl sites for hydroxylation is 1. The molecule has 0 radical (unpaired) electrons. The highest BCUT2D eigenvalue weighted by Crippen LogP contribution is 2.33. The average Bonchev–Trinajstić information content (AvgIpc) is 3.27. The molecule has 37 heavy (non-hydrogen) atoms. The number of rotatable bonds is 9. The van der Waals surface area contributed by atoms with E-state index in [1.54, 1.807) is 31.2 Å². The minimum Gasteiger partial charge on any atom is -0.489 e. The molecule has 1 aromatic heterocycles. The number of carbonyl (C=O) groups is 1. The van der Waals surface area contributed by atoms with Crippen molar-refractivity contribution in [1.29, 1.82) is 5.26 Å². The predicted octanol–water partition coefficient (Wildman–Crippen LogP) is 4.93. The third kappa shape index (κ3) is 6.94. The van der Waals surface area contributed by atoms with Crippen LogP contribution in [0.4, 0.5) is 10.8 Å². The van der Waals surface area contributed by atoms with Crippen LogP contribution in [-0.4, -0.2) is 25.6 Å². The van der Waals surface area contributed by atoms with Gasteiger partial charge in [0.05, 0.1) is 24.4 Å². The zero-order valence-electron chi connectivity index (χ0n) is 20.2. The summed E-state index contributed by atoms with van der Waals surface area (Å²) >= 11 is 1.28. The molecular formula is C27H24N4O4S2. The first-order chi connectivity index (χ1) is 17.7. The van der Waals surface area contributed by atoms with Crippen LogP contribution >= 0.6 is 11.3 Å². The van der Waals surface area contributed by atoms with Gasteiger partial charge in [-0.15, -0.1) is 11.3 Å². The third-order valence-electron chi connectivity index (χ3n) is 5.30. The van der Waals surface area contributed by atoms with Gasteiger partial charge in [-0.25, -0.2) is 18.1 Å². The number of amides is 1. The normalized spacial score (nSPS) is 10.9. The van der Waals surface area contributed by atoms with E-state index in [1.807, 2.05) is 64.2 Å². The second-order valence-corrected chi connectivity index (χ2v) is 11.2. The Morgan fingerprint density at radius 3 is 2.43 bits per heavy atom. The van der Waals surface area contributed by atoms with Gasteiger partial charge < -0.3 is 9.64 Å². The molecule has 10 heteroatoms. The van der Waals surface area contributed by atoms with Gasteiger partial charge in [-0.2, -0.15) is 5.26 Å². The number of anilines is 2. The van der Waals surface area contributed by atoms with Gasteiger partial charge in [-0.1, -0.05) is 42.5 Å². The van der Waals surface area contributed by atoms with Crippen molar-refractivity contribution >= 4 is 38.1 Å². The largest absolute Gasteiger partial charge is 0.489 e. The third-order valence-corrected chi connectivity index (χ3v) is 6.85. The smallest absolute Gasteiger partial charge is 0.284 e. The van der Waals surface area contributed by atoms with Crippen molar-refractivity contribution in [3.63, 3.8) is 0 Å². The zero-order chi connectivity index (χ0) is 26.4. The summed E-state index contributed by atoms with van der Waals surface area (Å²) in [4.78, 5) is 19.5. The Labute approximate surface area is 219 Å². The van der Waals surface area contributed by atoms with Crippen LogP contribution in [-0.2, 0) is 23.2 Å². The van der Waals surface area contributed by atoms with E-state index in [9.17, 15) is 18.5 Å². The molecule has 0 unspecified atom stereocenters. The maximum Gasteiger partial charge on any atom is 0.284 e. The summed E-state index contributed by atoms with van der Waals surface area (Å²) in [5, 5.41) is 9.71. The van der Waals surface area contributed by atoms with E-state index < -0.39 is 15.9 Å². The first kappa shape index (κ1) is 25.9. The summed E-state index contributed by atoms with van der Waals surface area (Å²) in [6.45, 7) is 2.55. The number of nitriles is 1. The Kier molecular flexibility index (Phi) is 7.86. The lowest BCUT2D eigenvalue weighted by atomic mass is 10.1. The fourth-order valence-corrected chi connectivity index (χ4v) is 4.93. The van der Waals surface area contributed by atoms with Crippen molar-refractivity contribution in [3.8, 4) is 11.8 Å². The molecule has 4 rings (SSSR count). The van der Waals surface area contributed by atoms with Gasteiger partial charge in [0, 0.05) is 10.6 Å². The fraction of sp³-hybridized carbons (Fsp3) is 0.148. The van der Waals surface area contributed by atoms with Crippen LogP contribution in [0.1, 0.15) is 32.1 Å². The lowest BCUT2D eigenvalue weighted by molar-refractivity contribution is 0.0977. The van der Waals surface area contributed by atoms with Crippen LogP contribution in [0.25, 0.3) is 0 Å². The van der Waals surface area contributed by atoms with E-state index in [4.69, 9.17) is 4.74 Å². The minimum absolute atomic E-state index is 0.0454. The Hall–Kier alpha value is -4.20. The molecule has 0 aliphatic heterocycles. The standard InChI is InChI=1S/C27H24N4O4S2/c1-19-25(26(32)30-37(2,33)34)29-27(36-19)31(23-13-11-20(16-28)12-14-23)17-22-9-6-10-24(15-22)35-18-21-7-4-3-5-8-21/h3-15H,17-18H2,1-2H3,(H,30,32). The molecule has 0 fully saturated rings. The maximum absolute atomic E-state index is 12.5.